The molecular weight excluding hydrogens is 219 g/mol. The fraction of sp³-hybridized carbons (Fsp3) is 0.200. The second kappa shape index (κ2) is 3.62. The molecule has 2 rings (SSSR count). The molecule has 0 unspecified atom stereocenters. The molecule has 1 aromatic heterocycles. The van der Waals surface area contributed by atoms with Crippen LogP contribution in [0.25, 0.3) is 11.3 Å². The van der Waals surface area contributed by atoms with Crippen molar-refractivity contribution in [3.63, 3.8) is 0 Å². The molecule has 2 aromatic rings. The van der Waals surface area contributed by atoms with E-state index in [0.717, 1.165) is 12.1 Å². The van der Waals surface area contributed by atoms with Gasteiger partial charge in [0.05, 0.1) is 17.5 Å². The van der Waals surface area contributed by atoms with E-state index in [1.165, 1.54) is 23.0 Å². The average molecular weight is 227 g/mol. The lowest BCUT2D eigenvalue weighted by Crippen LogP contribution is -2.04. The van der Waals surface area contributed by atoms with Crippen molar-refractivity contribution in [2.45, 2.75) is 6.18 Å². The van der Waals surface area contributed by atoms with E-state index in [2.05, 4.69) is 10.3 Å². The minimum Gasteiger partial charge on any atom is -0.248 e. The molecule has 84 valence electrons. The summed E-state index contributed by atoms with van der Waals surface area (Å²) in [5, 5.41) is 7.37. The quantitative estimate of drug-likeness (QED) is 0.749. The first kappa shape index (κ1) is 10.7. The van der Waals surface area contributed by atoms with E-state index < -0.39 is 11.7 Å². The molecule has 1 heterocycles. The Morgan fingerprint density at radius 2 is 1.75 bits per heavy atom. The van der Waals surface area contributed by atoms with Gasteiger partial charge in [0, 0.05) is 12.6 Å². The first-order valence-corrected chi connectivity index (χ1v) is 4.51. The van der Waals surface area contributed by atoms with Gasteiger partial charge in [0.25, 0.3) is 0 Å². The number of hydrogen-bond donors (Lipinski definition) is 0. The van der Waals surface area contributed by atoms with E-state index in [-0.39, 0.29) is 0 Å². The van der Waals surface area contributed by atoms with Crippen LogP contribution < -0.4 is 0 Å². The van der Waals surface area contributed by atoms with E-state index >= 15 is 0 Å². The molecule has 1 aromatic carbocycles. The summed E-state index contributed by atoms with van der Waals surface area (Å²) in [7, 11) is 1.68. The van der Waals surface area contributed by atoms with Crippen LogP contribution in [0.4, 0.5) is 13.2 Å². The summed E-state index contributed by atoms with van der Waals surface area (Å²) in [5.41, 5.74) is 0.667. The Hall–Kier alpha value is -1.85. The lowest BCUT2D eigenvalue weighted by atomic mass is 10.1. The maximum atomic E-state index is 12.3. The highest BCUT2D eigenvalue weighted by molar-refractivity contribution is 5.58. The molecule has 0 N–H and O–H groups in total. The van der Waals surface area contributed by atoms with Crippen molar-refractivity contribution < 1.29 is 13.2 Å². The minimum absolute atomic E-state index is 0.653. The smallest absolute Gasteiger partial charge is 0.248 e. The predicted octanol–water partition coefficient (Wildman–Crippen LogP) is 2.50. The first-order valence-electron chi connectivity index (χ1n) is 4.51. The summed E-state index contributed by atoms with van der Waals surface area (Å²) in [6.07, 6.45) is -2.80. The Morgan fingerprint density at radius 1 is 1.12 bits per heavy atom. The summed E-state index contributed by atoms with van der Waals surface area (Å²) in [5.74, 6) is 0. The minimum atomic E-state index is -4.30. The SMILES string of the molecule is Cn1nncc1-c1ccc(C(F)(F)F)cc1. The first-order chi connectivity index (χ1) is 7.48. The fourth-order valence-electron chi connectivity index (χ4n) is 1.38. The molecular formula is C10H8F3N3. The largest absolute Gasteiger partial charge is 0.416 e. The number of aryl methyl sites for hydroxylation is 1. The van der Waals surface area contributed by atoms with E-state index in [9.17, 15) is 13.2 Å². The van der Waals surface area contributed by atoms with Crippen molar-refractivity contribution in [1.29, 1.82) is 0 Å². The normalized spacial score (nSPS) is 11.8. The van der Waals surface area contributed by atoms with Gasteiger partial charge in [0.1, 0.15) is 0 Å². The Balaban J connectivity index is 2.37. The Labute approximate surface area is 89.5 Å². The van der Waals surface area contributed by atoms with Crippen molar-refractivity contribution in [3.8, 4) is 11.3 Å². The molecule has 16 heavy (non-hydrogen) atoms. The van der Waals surface area contributed by atoms with Crippen molar-refractivity contribution in [2.75, 3.05) is 0 Å². The van der Waals surface area contributed by atoms with E-state index in [1.807, 2.05) is 0 Å². The number of aromatic nitrogens is 3. The lowest BCUT2D eigenvalue weighted by Gasteiger charge is -2.07. The summed E-state index contributed by atoms with van der Waals surface area (Å²) in [4.78, 5) is 0. The third-order valence-corrected chi connectivity index (χ3v) is 2.22. The molecule has 0 amide bonds. The average Bonchev–Trinajstić information content (AvgIpc) is 2.63. The van der Waals surface area contributed by atoms with Crippen LogP contribution in [0, 0.1) is 0 Å². The molecule has 6 heteroatoms. The number of hydrogen-bond acceptors (Lipinski definition) is 2. The van der Waals surface area contributed by atoms with Gasteiger partial charge in [-0.05, 0) is 12.1 Å². The molecule has 0 saturated carbocycles. The standard InChI is InChI=1S/C10H8F3N3/c1-16-9(6-14-15-16)7-2-4-8(5-3-7)10(11,12)13/h2-6H,1H3. The maximum Gasteiger partial charge on any atom is 0.416 e. The number of halogens is 3. The Bertz CT molecular complexity index is 485. The Kier molecular flexibility index (Phi) is 2.41. The maximum absolute atomic E-state index is 12.3. The third-order valence-electron chi connectivity index (χ3n) is 2.22. The van der Waals surface area contributed by atoms with Crippen LogP contribution in [0.3, 0.4) is 0 Å². The van der Waals surface area contributed by atoms with Gasteiger partial charge in [0.15, 0.2) is 0 Å². The highest BCUT2D eigenvalue weighted by Crippen LogP contribution is 2.30. The van der Waals surface area contributed by atoms with Crippen LogP contribution in [0.1, 0.15) is 5.56 Å². The summed E-state index contributed by atoms with van der Waals surface area (Å²) < 4.78 is 38.4. The second-order valence-corrected chi connectivity index (χ2v) is 3.32. The lowest BCUT2D eigenvalue weighted by molar-refractivity contribution is -0.137. The van der Waals surface area contributed by atoms with Crippen molar-refractivity contribution in [3.05, 3.63) is 36.0 Å². The van der Waals surface area contributed by atoms with Crippen LogP contribution in [-0.2, 0) is 13.2 Å². The van der Waals surface area contributed by atoms with E-state index in [4.69, 9.17) is 0 Å². The molecule has 0 aliphatic carbocycles. The van der Waals surface area contributed by atoms with Crippen LogP contribution >= 0.6 is 0 Å². The van der Waals surface area contributed by atoms with Crippen LogP contribution in [-0.4, -0.2) is 15.0 Å². The number of rotatable bonds is 1. The molecule has 0 fully saturated rings. The highest BCUT2D eigenvalue weighted by Gasteiger charge is 2.30. The van der Waals surface area contributed by atoms with E-state index in [1.54, 1.807) is 7.05 Å². The van der Waals surface area contributed by atoms with Crippen molar-refractivity contribution in [2.24, 2.45) is 7.05 Å². The number of alkyl halides is 3. The Morgan fingerprint density at radius 3 is 2.19 bits per heavy atom. The van der Waals surface area contributed by atoms with Gasteiger partial charge in [0.2, 0.25) is 0 Å². The van der Waals surface area contributed by atoms with Crippen LogP contribution in [0.15, 0.2) is 30.5 Å². The van der Waals surface area contributed by atoms with Gasteiger partial charge in [-0.1, -0.05) is 17.3 Å². The molecule has 0 atom stereocenters. The zero-order valence-electron chi connectivity index (χ0n) is 8.36. The monoisotopic (exact) mass is 227 g/mol. The van der Waals surface area contributed by atoms with Gasteiger partial charge >= 0.3 is 6.18 Å². The zero-order valence-corrected chi connectivity index (χ0v) is 8.36. The van der Waals surface area contributed by atoms with Gasteiger partial charge in [-0.25, -0.2) is 4.68 Å². The van der Waals surface area contributed by atoms with Crippen LogP contribution in [0.2, 0.25) is 0 Å². The second-order valence-electron chi connectivity index (χ2n) is 3.32. The summed E-state index contributed by atoms with van der Waals surface area (Å²) >= 11 is 0. The molecule has 0 aliphatic heterocycles. The predicted molar refractivity (Wildman–Crippen MR) is 51.4 cm³/mol. The molecule has 3 nitrogen and oxygen atoms in total. The topological polar surface area (TPSA) is 30.7 Å². The molecule has 0 radical (unpaired) electrons. The summed E-state index contributed by atoms with van der Waals surface area (Å²) in [6, 6.07) is 4.90. The number of nitrogens with zero attached hydrogens (tertiary/aromatic N) is 3. The molecule has 0 spiro atoms. The fourth-order valence-corrected chi connectivity index (χ4v) is 1.38. The molecule has 0 saturated heterocycles. The van der Waals surface area contributed by atoms with Crippen molar-refractivity contribution in [1.82, 2.24) is 15.0 Å². The van der Waals surface area contributed by atoms with Gasteiger partial charge < -0.3 is 0 Å². The molecule has 0 bridgehead atoms. The third kappa shape index (κ3) is 1.91. The molecule has 0 aliphatic rings. The van der Waals surface area contributed by atoms with E-state index in [0.29, 0.717) is 11.3 Å². The zero-order chi connectivity index (χ0) is 11.8. The highest BCUT2D eigenvalue weighted by atomic mass is 19.4. The van der Waals surface area contributed by atoms with Crippen LogP contribution in [0.5, 0.6) is 0 Å². The van der Waals surface area contributed by atoms with Gasteiger partial charge in [-0.3, -0.25) is 0 Å². The number of benzene rings is 1. The summed E-state index contributed by atoms with van der Waals surface area (Å²) in [6.45, 7) is 0. The van der Waals surface area contributed by atoms with Gasteiger partial charge in [-0.2, -0.15) is 13.2 Å². The van der Waals surface area contributed by atoms with Gasteiger partial charge in [-0.15, -0.1) is 5.10 Å². The van der Waals surface area contributed by atoms with Crippen molar-refractivity contribution >= 4 is 0 Å².